The van der Waals surface area contributed by atoms with E-state index in [1.165, 1.54) is 0 Å². The van der Waals surface area contributed by atoms with Crippen molar-refractivity contribution < 1.29 is 0 Å². The lowest BCUT2D eigenvalue weighted by atomic mass is 10.5. The predicted octanol–water partition coefficient (Wildman–Crippen LogP) is 2.41. The number of aromatic nitrogens is 2. The smallest absolute Gasteiger partial charge is 0.126 e. The van der Waals surface area contributed by atoms with Crippen molar-refractivity contribution in [2.75, 3.05) is 0 Å². The van der Waals surface area contributed by atoms with Crippen molar-refractivity contribution in [2.45, 2.75) is 20.8 Å². The van der Waals surface area contributed by atoms with E-state index in [-0.39, 0.29) is 0 Å². The van der Waals surface area contributed by atoms with Crippen LogP contribution < -0.4 is 0 Å². The summed E-state index contributed by atoms with van der Waals surface area (Å²) in [5, 5.41) is 4.68. The molecule has 10 heavy (non-hydrogen) atoms. The van der Waals surface area contributed by atoms with Crippen molar-refractivity contribution in [3.8, 4) is 0 Å². The van der Waals surface area contributed by atoms with Gasteiger partial charge in [-0.05, 0) is 13.0 Å². The topological polar surface area (TPSA) is 17.8 Å². The first-order valence-corrected chi connectivity index (χ1v) is 3.74. The Morgan fingerprint density at radius 3 is 2.10 bits per heavy atom. The molecule has 0 aromatic carbocycles. The second kappa shape index (κ2) is 4.34. The van der Waals surface area contributed by atoms with E-state index in [0.717, 1.165) is 5.69 Å². The normalized spacial score (nSPS) is 8.50. The Morgan fingerprint density at radius 1 is 1.50 bits per heavy atom. The van der Waals surface area contributed by atoms with Crippen molar-refractivity contribution in [1.29, 1.82) is 0 Å². The van der Waals surface area contributed by atoms with Crippen LogP contribution in [0, 0.1) is 6.92 Å². The van der Waals surface area contributed by atoms with Crippen LogP contribution in [-0.4, -0.2) is 9.78 Å². The van der Waals surface area contributed by atoms with Crippen LogP contribution in [0.4, 0.5) is 0 Å². The molecule has 0 atom stereocenters. The molecule has 1 heterocycles. The summed E-state index contributed by atoms with van der Waals surface area (Å²) in [7, 11) is 1.81. The molecule has 0 N–H and O–H groups in total. The summed E-state index contributed by atoms with van der Waals surface area (Å²) in [6.45, 7) is 5.91. The average Bonchev–Trinajstić information content (AvgIpc) is 2.16. The molecule has 0 unspecified atom stereocenters. The monoisotopic (exact) mass is 160 g/mol. The molecule has 0 amide bonds. The van der Waals surface area contributed by atoms with Gasteiger partial charge in [-0.3, -0.25) is 4.68 Å². The first kappa shape index (κ1) is 9.50. The summed E-state index contributed by atoms with van der Waals surface area (Å²) in [5.41, 5.74) is 0.956. The molecule has 0 saturated heterocycles. The molecule has 0 saturated carbocycles. The summed E-state index contributed by atoms with van der Waals surface area (Å²) >= 11 is 5.63. The second-order valence-electron chi connectivity index (χ2n) is 1.73. The van der Waals surface area contributed by atoms with Crippen LogP contribution in [0.15, 0.2) is 6.07 Å². The van der Waals surface area contributed by atoms with Gasteiger partial charge in [0.2, 0.25) is 0 Å². The van der Waals surface area contributed by atoms with Crippen molar-refractivity contribution in [2.24, 2.45) is 7.05 Å². The molecule has 0 aliphatic heterocycles. The largest absolute Gasteiger partial charge is 0.257 e. The highest BCUT2D eigenvalue weighted by atomic mass is 35.5. The molecule has 0 aliphatic carbocycles. The van der Waals surface area contributed by atoms with Gasteiger partial charge in [0, 0.05) is 7.05 Å². The summed E-state index contributed by atoms with van der Waals surface area (Å²) in [6.07, 6.45) is 0. The highest BCUT2D eigenvalue weighted by Gasteiger charge is 1.94. The Kier molecular flexibility index (Phi) is 4.12. The number of halogens is 1. The Labute approximate surface area is 66.8 Å². The lowest BCUT2D eigenvalue weighted by Gasteiger charge is -1.85. The lowest BCUT2D eigenvalue weighted by Crippen LogP contribution is -1.88. The van der Waals surface area contributed by atoms with Crippen LogP contribution in [0.5, 0.6) is 0 Å². The number of hydrogen-bond donors (Lipinski definition) is 0. The zero-order chi connectivity index (χ0) is 8.15. The maximum Gasteiger partial charge on any atom is 0.126 e. The van der Waals surface area contributed by atoms with E-state index in [0.29, 0.717) is 5.15 Å². The van der Waals surface area contributed by atoms with E-state index in [9.17, 15) is 0 Å². The van der Waals surface area contributed by atoms with Crippen molar-refractivity contribution in [1.82, 2.24) is 9.78 Å². The van der Waals surface area contributed by atoms with Crippen molar-refractivity contribution in [3.63, 3.8) is 0 Å². The maximum absolute atomic E-state index is 5.63. The van der Waals surface area contributed by atoms with Gasteiger partial charge in [-0.2, -0.15) is 5.10 Å². The molecular formula is C7H13ClN2. The summed E-state index contributed by atoms with van der Waals surface area (Å²) in [4.78, 5) is 0. The molecule has 1 aromatic rings. The van der Waals surface area contributed by atoms with Gasteiger partial charge in [0.15, 0.2) is 0 Å². The third kappa shape index (κ3) is 2.40. The molecule has 1 aromatic heterocycles. The molecule has 0 spiro atoms. The van der Waals surface area contributed by atoms with E-state index in [2.05, 4.69) is 5.10 Å². The predicted molar refractivity (Wildman–Crippen MR) is 44.3 cm³/mol. The van der Waals surface area contributed by atoms with E-state index in [4.69, 9.17) is 11.6 Å². The summed E-state index contributed by atoms with van der Waals surface area (Å²) in [6, 6.07) is 1.82. The van der Waals surface area contributed by atoms with Crippen LogP contribution in [0.1, 0.15) is 19.5 Å². The van der Waals surface area contributed by atoms with Gasteiger partial charge in [-0.1, -0.05) is 25.4 Å². The fraction of sp³-hybridized carbons (Fsp3) is 0.571. The Balaban J connectivity index is 0.000000371. The van der Waals surface area contributed by atoms with Crippen molar-refractivity contribution >= 4 is 11.6 Å². The fourth-order valence-electron chi connectivity index (χ4n) is 0.579. The van der Waals surface area contributed by atoms with Crippen LogP contribution >= 0.6 is 11.6 Å². The van der Waals surface area contributed by atoms with Crippen LogP contribution in [0.2, 0.25) is 5.15 Å². The van der Waals surface area contributed by atoms with Crippen LogP contribution in [0.3, 0.4) is 0 Å². The minimum atomic E-state index is 0.683. The number of rotatable bonds is 0. The quantitative estimate of drug-likeness (QED) is 0.570. The summed E-state index contributed by atoms with van der Waals surface area (Å²) in [5.74, 6) is 0. The minimum absolute atomic E-state index is 0.683. The van der Waals surface area contributed by atoms with Gasteiger partial charge in [-0.15, -0.1) is 0 Å². The van der Waals surface area contributed by atoms with E-state index >= 15 is 0 Å². The maximum atomic E-state index is 5.63. The van der Waals surface area contributed by atoms with Gasteiger partial charge in [0.05, 0.1) is 5.69 Å². The standard InChI is InChI=1S/C5H7ClN2.C2H6/c1-4-3-5(6)8(2)7-4;1-2/h3H,1-2H3;1-2H3. The van der Waals surface area contributed by atoms with Gasteiger partial charge in [-0.25, -0.2) is 0 Å². The third-order valence-corrected chi connectivity index (χ3v) is 1.30. The molecule has 0 aliphatic rings. The van der Waals surface area contributed by atoms with Crippen molar-refractivity contribution in [3.05, 3.63) is 16.9 Å². The van der Waals surface area contributed by atoms with Crippen LogP contribution in [-0.2, 0) is 7.05 Å². The number of nitrogens with zero attached hydrogens (tertiary/aromatic N) is 2. The molecular weight excluding hydrogens is 148 g/mol. The zero-order valence-corrected chi connectivity index (χ0v) is 7.61. The Bertz CT molecular complexity index is 174. The Hall–Kier alpha value is -0.500. The summed E-state index contributed by atoms with van der Waals surface area (Å²) < 4.78 is 1.64. The number of hydrogen-bond acceptors (Lipinski definition) is 1. The SMILES string of the molecule is CC.Cc1cc(Cl)n(C)n1. The van der Waals surface area contributed by atoms with Gasteiger partial charge in [0.25, 0.3) is 0 Å². The highest BCUT2D eigenvalue weighted by Crippen LogP contribution is 2.06. The first-order valence-electron chi connectivity index (χ1n) is 3.36. The third-order valence-electron chi connectivity index (χ3n) is 0.945. The Morgan fingerprint density at radius 2 is 2.00 bits per heavy atom. The van der Waals surface area contributed by atoms with Gasteiger partial charge in [0.1, 0.15) is 5.15 Å². The average molecular weight is 161 g/mol. The number of aryl methyl sites for hydroxylation is 2. The molecule has 0 radical (unpaired) electrons. The lowest BCUT2D eigenvalue weighted by molar-refractivity contribution is 0.757. The molecule has 0 fully saturated rings. The first-order chi connectivity index (χ1) is 4.70. The van der Waals surface area contributed by atoms with Gasteiger partial charge >= 0.3 is 0 Å². The van der Waals surface area contributed by atoms with E-state index in [1.54, 1.807) is 4.68 Å². The molecule has 0 bridgehead atoms. The van der Waals surface area contributed by atoms with Gasteiger partial charge < -0.3 is 0 Å². The minimum Gasteiger partial charge on any atom is -0.257 e. The molecule has 3 heteroatoms. The van der Waals surface area contributed by atoms with E-state index < -0.39 is 0 Å². The van der Waals surface area contributed by atoms with E-state index in [1.807, 2.05) is 33.9 Å². The molecule has 58 valence electrons. The zero-order valence-electron chi connectivity index (χ0n) is 6.85. The highest BCUT2D eigenvalue weighted by molar-refractivity contribution is 6.29. The van der Waals surface area contributed by atoms with Crippen LogP contribution in [0.25, 0.3) is 0 Å². The molecule has 1 rings (SSSR count). The second-order valence-corrected chi connectivity index (χ2v) is 2.12. The molecule has 2 nitrogen and oxygen atoms in total. The fourth-order valence-corrected chi connectivity index (χ4v) is 0.775.